The van der Waals surface area contributed by atoms with Gasteiger partial charge in [-0.05, 0) is 44.0 Å². The average molecular weight is 289 g/mol. The van der Waals surface area contributed by atoms with Crippen molar-refractivity contribution in [2.24, 2.45) is 5.92 Å². The minimum Gasteiger partial charge on any atom is -0.497 e. The number of hydrogen-bond donors (Lipinski definition) is 1. The zero-order chi connectivity index (χ0) is 14.8. The van der Waals surface area contributed by atoms with Crippen LogP contribution in [0.15, 0.2) is 23.0 Å². The van der Waals surface area contributed by atoms with Gasteiger partial charge in [-0.25, -0.2) is 4.79 Å². The van der Waals surface area contributed by atoms with Gasteiger partial charge in [0, 0.05) is 19.2 Å². The summed E-state index contributed by atoms with van der Waals surface area (Å²) in [5, 5.41) is 0. The number of H-pyrrole nitrogens is 1. The van der Waals surface area contributed by atoms with Crippen LogP contribution in [0.4, 0.5) is 0 Å². The van der Waals surface area contributed by atoms with E-state index in [-0.39, 0.29) is 5.69 Å². The molecule has 5 heteroatoms. The smallest absolute Gasteiger partial charge is 0.326 e. The maximum atomic E-state index is 12.2. The number of aromatic amines is 1. The zero-order valence-electron chi connectivity index (χ0n) is 12.8. The van der Waals surface area contributed by atoms with Gasteiger partial charge >= 0.3 is 5.69 Å². The molecule has 1 N–H and O–H groups in total. The number of benzene rings is 1. The highest BCUT2D eigenvalue weighted by molar-refractivity contribution is 5.77. The summed E-state index contributed by atoms with van der Waals surface area (Å²) in [5.41, 5.74) is 1.80. The van der Waals surface area contributed by atoms with Crippen LogP contribution in [-0.2, 0) is 6.54 Å². The maximum Gasteiger partial charge on any atom is 0.326 e. The maximum absolute atomic E-state index is 12.2. The monoisotopic (exact) mass is 289 g/mol. The molecule has 1 atom stereocenters. The fourth-order valence-electron chi connectivity index (χ4n) is 3.29. The van der Waals surface area contributed by atoms with Gasteiger partial charge in [0.15, 0.2) is 0 Å². The summed E-state index contributed by atoms with van der Waals surface area (Å²) in [6, 6.07) is 5.72. The molecule has 1 aliphatic heterocycles. The molecule has 1 aromatic heterocycles. The van der Waals surface area contributed by atoms with Crippen LogP contribution < -0.4 is 10.4 Å². The first-order valence-electron chi connectivity index (χ1n) is 7.70. The van der Waals surface area contributed by atoms with Crippen molar-refractivity contribution in [1.82, 2.24) is 14.5 Å². The van der Waals surface area contributed by atoms with Gasteiger partial charge in [0.1, 0.15) is 5.75 Å². The molecule has 0 bridgehead atoms. The van der Waals surface area contributed by atoms with Gasteiger partial charge in [0.2, 0.25) is 0 Å². The minimum absolute atomic E-state index is 0.0214. The highest BCUT2D eigenvalue weighted by Gasteiger charge is 2.20. The molecule has 0 spiro atoms. The van der Waals surface area contributed by atoms with E-state index in [9.17, 15) is 4.79 Å². The van der Waals surface area contributed by atoms with Gasteiger partial charge in [0.25, 0.3) is 0 Å². The lowest BCUT2D eigenvalue weighted by atomic mass is 9.98. The van der Waals surface area contributed by atoms with E-state index in [4.69, 9.17) is 4.74 Å². The van der Waals surface area contributed by atoms with E-state index in [1.165, 1.54) is 19.4 Å². The molecule has 1 fully saturated rings. The van der Waals surface area contributed by atoms with Gasteiger partial charge in [-0.15, -0.1) is 0 Å². The molecule has 0 aliphatic carbocycles. The van der Waals surface area contributed by atoms with Crippen LogP contribution in [0.2, 0.25) is 0 Å². The van der Waals surface area contributed by atoms with Crippen molar-refractivity contribution in [3.05, 3.63) is 28.7 Å². The zero-order valence-corrected chi connectivity index (χ0v) is 12.8. The fourth-order valence-corrected chi connectivity index (χ4v) is 3.29. The molecule has 2 heterocycles. The van der Waals surface area contributed by atoms with Crippen LogP contribution in [0.3, 0.4) is 0 Å². The third-order valence-electron chi connectivity index (χ3n) is 4.47. The molecule has 3 rings (SSSR count). The number of hydrogen-bond acceptors (Lipinski definition) is 3. The Morgan fingerprint density at radius 2 is 2.29 bits per heavy atom. The third kappa shape index (κ3) is 2.83. The molecule has 21 heavy (non-hydrogen) atoms. The van der Waals surface area contributed by atoms with E-state index in [2.05, 4.69) is 16.8 Å². The Kier molecular flexibility index (Phi) is 4.01. The summed E-state index contributed by atoms with van der Waals surface area (Å²) in [5.74, 6) is 1.33. The number of likely N-dealkylation sites (tertiary alicyclic amines) is 1. The summed E-state index contributed by atoms with van der Waals surface area (Å²) in [4.78, 5) is 17.6. The topological polar surface area (TPSA) is 50.3 Å². The van der Waals surface area contributed by atoms with Crippen LogP contribution in [0, 0.1) is 5.92 Å². The second kappa shape index (κ2) is 5.93. The molecular formula is C16H23N3O2. The van der Waals surface area contributed by atoms with Crippen molar-refractivity contribution in [1.29, 1.82) is 0 Å². The quantitative estimate of drug-likeness (QED) is 0.937. The van der Waals surface area contributed by atoms with Crippen molar-refractivity contribution < 1.29 is 4.74 Å². The first-order valence-corrected chi connectivity index (χ1v) is 7.70. The number of ether oxygens (including phenoxy) is 1. The average Bonchev–Trinajstić information content (AvgIpc) is 2.82. The van der Waals surface area contributed by atoms with Gasteiger partial charge in [0.05, 0.1) is 18.1 Å². The Bertz CT molecular complexity index is 674. The number of fused-ring (bicyclic) bond motifs is 1. The normalized spacial score (nSPS) is 20.0. The lowest BCUT2D eigenvalue weighted by Gasteiger charge is -2.31. The molecule has 1 unspecified atom stereocenters. The first-order chi connectivity index (χ1) is 10.2. The summed E-state index contributed by atoms with van der Waals surface area (Å²) < 4.78 is 7.14. The van der Waals surface area contributed by atoms with E-state index < -0.39 is 0 Å². The number of aromatic nitrogens is 2. The van der Waals surface area contributed by atoms with Crippen LogP contribution >= 0.6 is 0 Å². The van der Waals surface area contributed by atoms with Gasteiger partial charge in [-0.1, -0.05) is 6.92 Å². The number of nitrogens with zero attached hydrogens (tertiary/aromatic N) is 2. The predicted octanol–water partition coefficient (Wildman–Crippen LogP) is 2.07. The minimum atomic E-state index is -0.0214. The Labute approximate surface area is 124 Å². The van der Waals surface area contributed by atoms with E-state index in [1.807, 2.05) is 22.8 Å². The Balaban J connectivity index is 1.89. The number of methoxy groups -OCH3 is 1. The standard InChI is InChI=1S/C16H23N3O2/c1-3-18-8-4-5-12(10-18)11-19-15-9-13(21-2)6-7-14(15)17-16(19)20/h6-7,9,12H,3-5,8,10-11H2,1-2H3,(H,17,20). The molecule has 5 nitrogen and oxygen atoms in total. The van der Waals surface area contributed by atoms with Crippen molar-refractivity contribution in [2.75, 3.05) is 26.7 Å². The predicted molar refractivity (Wildman–Crippen MR) is 83.9 cm³/mol. The first kappa shape index (κ1) is 14.2. The van der Waals surface area contributed by atoms with Crippen LogP contribution in [0.5, 0.6) is 5.75 Å². The SMILES string of the molecule is CCN1CCCC(Cn2c(=O)[nH]c3ccc(OC)cc32)C1. The molecule has 0 saturated carbocycles. The number of rotatable bonds is 4. The molecule has 1 aliphatic rings. The van der Waals surface area contributed by atoms with Crippen LogP contribution in [0.25, 0.3) is 11.0 Å². The molecular weight excluding hydrogens is 266 g/mol. The van der Waals surface area contributed by atoms with Crippen molar-refractivity contribution in [2.45, 2.75) is 26.3 Å². The molecule has 2 aromatic rings. The summed E-state index contributed by atoms with van der Waals surface area (Å²) in [6.07, 6.45) is 2.42. The molecule has 1 saturated heterocycles. The second-order valence-electron chi connectivity index (χ2n) is 5.83. The highest BCUT2D eigenvalue weighted by atomic mass is 16.5. The van der Waals surface area contributed by atoms with Crippen molar-refractivity contribution in [3.8, 4) is 5.75 Å². The lowest BCUT2D eigenvalue weighted by molar-refractivity contribution is 0.170. The third-order valence-corrected chi connectivity index (χ3v) is 4.47. The van der Waals surface area contributed by atoms with E-state index in [1.54, 1.807) is 7.11 Å². The van der Waals surface area contributed by atoms with Gasteiger partial charge < -0.3 is 14.6 Å². The van der Waals surface area contributed by atoms with E-state index in [0.717, 1.165) is 36.4 Å². The Morgan fingerprint density at radius 3 is 3.05 bits per heavy atom. The summed E-state index contributed by atoms with van der Waals surface area (Å²) >= 11 is 0. The van der Waals surface area contributed by atoms with Gasteiger partial charge in [-0.3, -0.25) is 4.57 Å². The molecule has 0 radical (unpaired) electrons. The Hall–Kier alpha value is -1.75. The summed E-state index contributed by atoms with van der Waals surface area (Å²) in [6.45, 7) is 6.34. The molecule has 1 aromatic carbocycles. The second-order valence-corrected chi connectivity index (χ2v) is 5.83. The number of imidazole rings is 1. The molecule has 0 amide bonds. The molecule has 114 valence electrons. The fraction of sp³-hybridized carbons (Fsp3) is 0.562. The number of piperidine rings is 1. The lowest BCUT2D eigenvalue weighted by Crippen LogP contribution is -2.37. The van der Waals surface area contributed by atoms with E-state index >= 15 is 0 Å². The van der Waals surface area contributed by atoms with Crippen molar-refractivity contribution >= 4 is 11.0 Å². The Morgan fingerprint density at radius 1 is 1.43 bits per heavy atom. The van der Waals surface area contributed by atoms with E-state index in [0.29, 0.717) is 5.92 Å². The number of nitrogens with one attached hydrogen (secondary N) is 1. The highest BCUT2D eigenvalue weighted by Crippen LogP contribution is 2.22. The van der Waals surface area contributed by atoms with Crippen molar-refractivity contribution in [3.63, 3.8) is 0 Å². The summed E-state index contributed by atoms with van der Waals surface area (Å²) in [7, 11) is 1.65. The van der Waals surface area contributed by atoms with Crippen LogP contribution in [0.1, 0.15) is 19.8 Å². The largest absolute Gasteiger partial charge is 0.497 e. The van der Waals surface area contributed by atoms with Gasteiger partial charge in [-0.2, -0.15) is 0 Å². The van der Waals surface area contributed by atoms with Crippen LogP contribution in [-0.4, -0.2) is 41.2 Å².